The summed E-state index contributed by atoms with van der Waals surface area (Å²) in [6, 6.07) is 12.4. The van der Waals surface area contributed by atoms with Crippen LogP contribution in [0.3, 0.4) is 0 Å². The minimum Gasteiger partial charge on any atom is -0.349 e. The lowest BCUT2D eigenvalue weighted by Crippen LogP contribution is -2.46. The summed E-state index contributed by atoms with van der Waals surface area (Å²) in [6.07, 6.45) is 1.42. The lowest BCUT2D eigenvalue weighted by Gasteiger charge is -2.32. The van der Waals surface area contributed by atoms with Gasteiger partial charge in [0.2, 0.25) is 0 Å². The molecule has 0 saturated carbocycles. The van der Waals surface area contributed by atoms with Crippen LogP contribution in [0.1, 0.15) is 39.1 Å². The number of halogens is 2. The normalized spacial score (nSPS) is 15.0. The third-order valence-electron chi connectivity index (χ3n) is 4.59. The van der Waals surface area contributed by atoms with Crippen molar-refractivity contribution in [2.24, 2.45) is 0 Å². The molecule has 1 aliphatic heterocycles. The topological polar surface area (TPSA) is 49.4 Å². The van der Waals surface area contributed by atoms with E-state index < -0.39 is 0 Å². The second-order valence-electron chi connectivity index (χ2n) is 6.53. The van der Waals surface area contributed by atoms with Crippen LogP contribution < -0.4 is 5.32 Å². The number of benzene rings is 2. The minimum atomic E-state index is -0.235. The summed E-state index contributed by atoms with van der Waals surface area (Å²) in [5.41, 5.74) is 2.20. The van der Waals surface area contributed by atoms with Crippen LogP contribution in [0.2, 0.25) is 10.0 Å². The summed E-state index contributed by atoms with van der Waals surface area (Å²) in [4.78, 5) is 26.8. The molecule has 136 valence electrons. The van der Waals surface area contributed by atoms with Crippen molar-refractivity contribution < 1.29 is 9.59 Å². The van der Waals surface area contributed by atoms with Crippen molar-refractivity contribution in [3.8, 4) is 0 Å². The third kappa shape index (κ3) is 4.37. The van der Waals surface area contributed by atoms with Crippen molar-refractivity contribution in [1.82, 2.24) is 10.2 Å². The third-order valence-corrected chi connectivity index (χ3v) is 5.15. The summed E-state index contributed by atoms with van der Waals surface area (Å²) in [5, 5.41) is 3.83. The van der Waals surface area contributed by atoms with Gasteiger partial charge in [-0.2, -0.15) is 0 Å². The number of piperidine rings is 1. The molecule has 1 aliphatic rings. The Morgan fingerprint density at radius 3 is 2.35 bits per heavy atom. The summed E-state index contributed by atoms with van der Waals surface area (Å²) in [5.74, 6) is -0.200. The second-order valence-corrected chi connectivity index (χ2v) is 7.37. The molecule has 2 aromatic rings. The van der Waals surface area contributed by atoms with E-state index in [9.17, 15) is 9.59 Å². The highest BCUT2D eigenvalue weighted by Gasteiger charge is 2.25. The fourth-order valence-electron chi connectivity index (χ4n) is 3.04. The number of carbonyl (C=O) groups excluding carboxylic acids is 2. The van der Waals surface area contributed by atoms with E-state index in [1.54, 1.807) is 18.2 Å². The molecular formula is C20H20Cl2N2O2. The van der Waals surface area contributed by atoms with Crippen LogP contribution in [0.15, 0.2) is 42.5 Å². The van der Waals surface area contributed by atoms with E-state index in [4.69, 9.17) is 23.2 Å². The van der Waals surface area contributed by atoms with Gasteiger partial charge in [0.05, 0.1) is 10.6 Å². The summed E-state index contributed by atoms with van der Waals surface area (Å²) < 4.78 is 0. The molecule has 6 heteroatoms. The molecule has 2 amide bonds. The van der Waals surface area contributed by atoms with Gasteiger partial charge in [0.15, 0.2) is 0 Å². The van der Waals surface area contributed by atoms with Crippen LogP contribution in [0.4, 0.5) is 0 Å². The maximum absolute atomic E-state index is 12.5. The Kier molecular flexibility index (Phi) is 5.84. The van der Waals surface area contributed by atoms with Crippen molar-refractivity contribution in [2.45, 2.75) is 25.8 Å². The lowest BCUT2D eigenvalue weighted by atomic mass is 10.0. The number of nitrogens with zero attached hydrogens (tertiary/aromatic N) is 1. The Balaban J connectivity index is 1.56. The second kappa shape index (κ2) is 8.11. The van der Waals surface area contributed by atoms with E-state index in [0.29, 0.717) is 47.1 Å². The van der Waals surface area contributed by atoms with Gasteiger partial charge in [0.25, 0.3) is 11.8 Å². The predicted octanol–water partition coefficient (Wildman–Crippen LogP) is 4.34. The number of nitrogens with one attached hydrogen (secondary N) is 1. The van der Waals surface area contributed by atoms with E-state index in [1.165, 1.54) is 0 Å². The molecule has 1 heterocycles. The number of rotatable bonds is 3. The zero-order valence-corrected chi connectivity index (χ0v) is 16.0. The van der Waals surface area contributed by atoms with Crippen LogP contribution in [0, 0.1) is 6.92 Å². The quantitative estimate of drug-likeness (QED) is 0.847. The van der Waals surface area contributed by atoms with Crippen molar-refractivity contribution in [3.63, 3.8) is 0 Å². The molecule has 0 radical (unpaired) electrons. The Hall–Kier alpha value is -2.04. The SMILES string of the molecule is Cc1ccc(C(=O)N2CCC(NC(=O)c3cc(Cl)ccc3Cl)CC2)cc1. The summed E-state index contributed by atoms with van der Waals surface area (Å²) in [7, 11) is 0. The van der Waals surface area contributed by atoms with E-state index in [1.807, 2.05) is 36.1 Å². The van der Waals surface area contributed by atoms with E-state index in [0.717, 1.165) is 5.56 Å². The molecule has 1 fully saturated rings. The lowest BCUT2D eigenvalue weighted by molar-refractivity contribution is 0.0698. The first-order valence-corrected chi connectivity index (χ1v) is 9.31. The smallest absolute Gasteiger partial charge is 0.253 e. The highest BCUT2D eigenvalue weighted by atomic mass is 35.5. The molecule has 2 aromatic carbocycles. The van der Waals surface area contributed by atoms with Gasteiger partial charge >= 0.3 is 0 Å². The number of amides is 2. The average Bonchev–Trinajstić information content (AvgIpc) is 2.64. The molecule has 3 rings (SSSR count). The molecule has 26 heavy (non-hydrogen) atoms. The van der Waals surface area contributed by atoms with Gasteiger partial charge in [0.1, 0.15) is 0 Å². The van der Waals surface area contributed by atoms with Crippen LogP contribution in [-0.4, -0.2) is 35.8 Å². The predicted molar refractivity (Wildman–Crippen MR) is 104 cm³/mol. The Morgan fingerprint density at radius 2 is 1.69 bits per heavy atom. The maximum Gasteiger partial charge on any atom is 0.253 e. The largest absolute Gasteiger partial charge is 0.349 e. The number of likely N-dealkylation sites (tertiary alicyclic amines) is 1. The standard InChI is InChI=1S/C20H20Cl2N2O2/c1-13-2-4-14(5-3-13)20(26)24-10-8-16(9-11-24)23-19(25)17-12-15(21)6-7-18(17)22/h2-7,12,16H,8-11H2,1H3,(H,23,25). The molecule has 1 saturated heterocycles. The van der Waals surface area contributed by atoms with Crippen LogP contribution in [0.5, 0.6) is 0 Å². The van der Waals surface area contributed by atoms with Gasteiger partial charge in [0, 0.05) is 29.7 Å². The number of hydrogen-bond acceptors (Lipinski definition) is 2. The van der Waals surface area contributed by atoms with E-state index >= 15 is 0 Å². The number of carbonyl (C=O) groups is 2. The maximum atomic E-state index is 12.5. The number of aryl methyl sites for hydroxylation is 1. The van der Waals surface area contributed by atoms with E-state index in [2.05, 4.69) is 5.32 Å². The molecular weight excluding hydrogens is 371 g/mol. The number of hydrogen-bond donors (Lipinski definition) is 1. The molecule has 0 atom stereocenters. The Morgan fingerprint density at radius 1 is 1.04 bits per heavy atom. The van der Waals surface area contributed by atoms with Crippen molar-refractivity contribution in [2.75, 3.05) is 13.1 Å². The first kappa shape index (κ1) is 18.7. The zero-order valence-electron chi connectivity index (χ0n) is 14.5. The van der Waals surface area contributed by atoms with Gasteiger partial charge < -0.3 is 10.2 Å². The highest BCUT2D eigenvalue weighted by Crippen LogP contribution is 2.21. The molecule has 4 nitrogen and oxygen atoms in total. The fourth-order valence-corrected chi connectivity index (χ4v) is 3.42. The summed E-state index contributed by atoms with van der Waals surface area (Å²) >= 11 is 12.0. The van der Waals surface area contributed by atoms with Gasteiger partial charge in [-0.05, 0) is 50.1 Å². The molecule has 0 aliphatic carbocycles. The van der Waals surface area contributed by atoms with Crippen LogP contribution >= 0.6 is 23.2 Å². The van der Waals surface area contributed by atoms with Crippen molar-refractivity contribution in [3.05, 3.63) is 69.2 Å². The van der Waals surface area contributed by atoms with Crippen molar-refractivity contribution >= 4 is 35.0 Å². The Labute approximate surface area is 163 Å². The van der Waals surface area contributed by atoms with Gasteiger partial charge in [-0.3, -0.25) is 9.59 Å². The fraction of sp³-hybridized carbons (Fsp3) is 0.300. The van der Waals surface area contributed by atoms with E-state index in [-0.39, 0.29) is 17.9 Å². The van der Waals surface area contributed by atoms with Gasteiger partial charge in [-0.15, -0.1) is 0 Å². The molecule has 1 N–H and O–H groups in total. The zero-order chi connectivity index (χ0) is 18.7. The van der Waals surface area contributed by atoms with Crippen molar-refractivity contribution in [1.29, 1.82) is 0 Å². The average molecular weight is 391 g/mol. The molecule has 0 spiro atoms. The Bertz CT molecular complexity index is 813. The molecule has 0 unspecified atom stereocenters. The van der Waals surface area contributed by atoms with Gasteiger partial charge in [-0.1, -0.05) is 40.9 Å². The first-order valence-electron chi connectivity index (χ1n) is 8.56. The highest BCUT2D eigenvalue weighted by molar-refractivity contribution is 6.35. The van der Waals surface area contributed by atoms with Gasteiger partial charge in [-0.25, -0.2) is 0 Å². The molecule has 0 bridgehead atoms. The summed E-state index contributed by atoms with van der Waals surface area (Å²) in [6.45, 7) is 3.22. The van der Waals surface area contributed by atoms with Crippen LogP contribution in [0.25, 0.3) is 0 Å². The first-order chi connectivity index (χ1) is 12.4. The minimum absolute atomic E-state index is 0.0135. The molecule has 0 aromatic heterocycles. The van der Waals surface area contributed by atoms with Crippen LogP contribution in [-0.2, 0) is 0 Å². The monoisotopic (exact) mass is 390 g/mol.